The van der Waals surface area contributed by atoms with E-state index in [4.69, 9.17) is 13.9 Å². The number of carbonyl (C=O) groups is 2. The van der Waals surface area contributed by atoms with Crippen molar-refractivity contribution in [3.05, 3.63) is 108 Å². The summed E-state index contributed by atoms with van der Waals surface area (Å²) in [6.07, 6.45) is 6.08. The molecule has 0 bridgehead atoms. The van der Waals surface area contributed by atoms with Crippen LogP contribution in [0.2, 0.25) is 0 Å². The van der Waals surface area contributed by atoms with Crippen LogP contribution in [0.25, 0.3) is 12.2 Å². The summed E-state index contributed by atoms with van der Waals surface area (Å²) in [7, 11) is 0. The average molecular weight is 388 g/mol. The van der Waals surface area contributed by atoms with E-state index in [1.807, 2.05) is 60.7 Å². The third kappa shape index (κ3) is 6.99. The Morgan fingerprint density at radius 3 is 1.48 bits per heavy atom. The standard InChI is InChI=1S/C24H20O5/c25-23(15-11-19-7-3-1-4-8-19)27-17-21-13-14-22(29-21)18-28-24(26)16-12-20-9-5-2-6-10-20/h1-16H,17-18H2. The largest absolute Gasteiger partial charge is 0.459 e. The fourth-order valence-corrected chi connectivity index (χ4v) is 2.42. The third-order valence-electron chi connectivity index (χ3n) is 3.85. The SMILES string of the molecule is O=C(C=Cc1ccccc1)OCc1ccc(COC(=O)C=Cc2ccccc2)o1. The van der Waals surface area contributed by atoms with Crippen molar-refractivity contribution in [2.75, 3.05) is 0 Å². The first-order valence-electron chi connectivity index (χ1n) is 9.06. The van der Waals surface area contributed by atoms with Crippen LogP contribution in [-0.4, -0.2) is 11.9 Å². The first-order chi connectivity index (χ1) is 14.2. The lowest BCUT2D eigenvalue weighted by Gasteiger charge is -2.00. The Kier molecular flexibility index (Phi) is 7.18. The lowest BCUT2D eigenvalue weighted by molar-refractivity contribution is -0.139. The van der Waals surface area contributed by atoms with Crippen molar-refractivity contribution >= 4 is 24.1 Å². The van der Waals surface area contributed by atoms with E-state index in [9.17, 15) is 9.59 Å². The maximum Gasteiger partial charge on any atom is 0.331 e. The highest BCUT2D eigenvalue weighted by Crippen LogP contribution is 2.11. The molecule has 5 nitrogen and oxygen atoms in total. The van der Waals surface area contributed by atoms with Crippen LogP contribution in [0, 0.1) is 0 Å². The van der Waals surface area contributed by atoms with E-state index in [1.165, 1.54) is 12.2 Å². The Balaban J connectivity index is 1.41. The minimum atomic E-state index is -0.468. The summed E-state index contributed by atoms with van der Waals surface area (Å²) in [5, 5.41) is 0. The zero-order chi connectivity index (χ0) is 20.3. The molecule has 2 aromatic carbocycles. The van der Waals surface area contributed by atoms with Crippen molar-refractivity contribution in [2.24, 2.45) is 0 Å². The second-order valence-electron chi connectivity index (χ2n) is 6.07. The number of carbonyl (C=O) groups excluding carboxylic acids is 2. The normalized spacial score (nSPS) is 11.0. The maximum absolute atomic E-state index is 11.8. The van der Waals surface area contributed by atoms with Gasteiger partial charge >= 0.3 is 11.9 Å². The molecule has 0 spiro atoms. The van der Waals surface area contributed by atoms with E-state index in [0.717, 1.165) is 11.1 Å². The molecule has 0 N–H and O–H groups in total. The summed E-state index contributed by atoms with van der Waals surface area (Å²) in [6.45, 7) is -0.000358. The molecule has 0 aliphatic heterocycles. The van der Waals surface area contributed by atoms with Gasteiger partial charge in [-0.2, -0.15) is 0 Å². The van der Waals surface area contributed by atoms with E-state index < -0.39 is 11.9 Å². The maximum atomic E-state index is 11.8. The molecule has 3 rings (SSSR count). The van der Waals surface area contributed by atoms with Gasteiger partial charge in [0.2, 0.25) is 0 Å². The minimum Gasteiger partial charge on any atom is -0.459 e. The zero-order valence-corrected chi connectivity index (χ0v) is 15.7. The molecular weight excluding hydrogens is 368 g/mol. The Labute approximate surface area is 168 Å². The molecule has 29 heavy (non-hydrogen) atoms. The van der Waals surface area contributed by atoms with Crippen molar-refractivity contribution in [1.29, 1.82) is 0 Å². The highest BCUT2D eigenvalue weighted by Gasteiger charge is 2.07. The number of hydrogen-bond acceptors (Lipinski definition) is 5. The lowest BCUT2D eigenvalue weighted by Crippen LogP contribution is -2.01. The number of rotatable bonds is 8. The highest BCUT2D eigenvalue weighted by molar-refractivity contribution is 5.87. The summed E-state index contributed by atoms with van der Waals surface area (Å²) < 4.78 is 15.8. The Morgan fingerprint density at radius 2 is 1.07 bits per heavy atom. The second kappa shape index (κ2) is 10.5. The van der Waals surface area contributed by atoms with E-state index in [-0.39, 0.29) is 13.2 Å². The molecule has 0 amide bonds. The fourth-order valence-electron chi connectivity index (χ4n) is 2.42. The molecule has 146 valence electrons. The summed E-state index contributed by atoms with van der Waals surface area (Å²) in [5.74, 6) is 0.00300. The third-order valence-corrected chi connectivity index (χ3v) is 3.85. The Bertz CT molecular complexity index is 904. The molecule has 0 fully saturated rings. The molecule has 0 aliphatic rings. The van der Waals surface area contributed by atoms with Gasteiger partial charge in [0.1, 0.15) is 24.7 Å². The van der Waals surface area contributed by atoms with Gasteiger partial charge in [0.05, 0.1) is 0 Å². The molecule has 0 unspecified atom stereocenters. The fraction of sp³-hybridized carbons (Fsp3) is 0.0833. The van der Waals surface area contributed by atoms with Crippen molar-refractivity contribution in [3.8, 4) is 0 Å². The number of esters is 2. The van der Waals surface area contributed by atoms with Crippen molar-refractivity contribution in [1.82, 2.24) is 0 Å². The number of furan rings is 1. The first-order valence-corrected chi connectivity index (χ1v) is 9.06. The Hall–Kier alpha value is -3.86. The van der Waals surface area contributed by atoms with Crippen LogP contribution in [0.5, 0.6) is 0 Å². The molecule has 0 radical (unpaired) electrons. The summed E-state index contributed by atoms with van der Waals surface area (Å²) in [5.41, 5.74) is 1.82. The van der Waals surface area contributed by atoms with Crippen LogP contribution < -0.4 is 0 Å². The Morgan fingerprint density at radius 1 is 0.655 bits per heavy atom. The van der Waals surface area contributed by atoms with Crippen LogP contribution >= 0.6 is 0 Å². The topological polar surface area (TPSA) is 65.7 Å². The molecule has 1 aromatic heterocycles. The summed E-state index contributed by atoms with van der Waals surface area (Å²) >= 11 is 0. The van der Waals surface area contributed by atoms with Gasteiger partial charge in [-0.3, -0.25) is 0 Å². The van der Waals surface area contributed by atoms with Crippen LogP contribution in [0.4, 0.5) is 0 Å². The molecular formula is C24H20O5. The van der Waals surface area contributed by atoms with Gasteiger partial charge in [0.15, 0.2) is 0 Å². The van der Waals surface area contributed by atoms with E-state index in [2.05, 4.69) is 0 Å². The summed E-state index contributed by atoms with van der Waals surface area (Å²) in [4.78, 5) is 23.5. The van der Waals surface area contributed by atoms with Crippen molar-refractivity contribution in [3.63, 3.8) is 0 Å². The number of hydrogen-bond donors (Lipinski definition) is 0. The smallest absolute Gasteiger partial charge is 0.331 e. The molecule has 0 saturated heterocycles. The van der Waals surface area contributed by atoms with Gasteiger partial charge in [0.25, 0.3) is 0 Å². The van der Waals surface area contributed by atoms with Gasteiger partial charge in [-0.05, 0) is 35.4 Å². The molecule has 1 heterocycles. The van der Waals surface area contributed by atoms with Gasteiger partial charge in [0, 0.05) is 12.2 Å². The van der Waals surface area contributed by atoms with Crippen molar-refractivity contribution in [2.45, 2.75) is 13.2 Å². The number of ether oxygens (including phenoxy) is 2. The van der Waals surface area contributed by atoms with Crippen LogP contribution in [-0.2, 0) is 32.3 Å². The van der Waals surface area contributed by atoms with E-state index >= 15 is 0 Å². The molecule has 5 heteroatoms. The number of benzene rings is 2. The summed E-state index contributed by atoms with van der Waals surface area (Å²) in [6, 6.07) is 22.3. The van der Waals surface area contributed by atoms with E-state index in [1.54, 1.807) is 24.3 Å². The van der Waals surface area contributed by atoms with Crippen LogP contribution in [0.3, 0.4) is 0 Å². The highest BCUT2D eigenvalue weighted by atomic mass is 16.5. The molecule has 0 aliphatic carbocycles. The minimum absolute atomic E-state index is 0.000179. The van der Waals surface area contributed by atoms with Crippen LogP contribution in [0.1, 0.15) is 22.6 Å². The van der Waals surface area contributed by atoms with Gasteiger partial charge < -0.3 is 13.9 Å². The molecule has 0 atom stereocenters. The second-order valence-corrected chi connectivity index (χ2v) is 6.07. The van der Waals surface area contributed by atoms with Gasteiger partial charge in [-0.15, -0.1) is 0 Å². The predicted octanol–water partition coefficient (Wildman–Crippen LogP) is 4.79. The predicted molar refractivity (Wildman–Crippen MR) is 109 cm³/mol. The first kappa shape index (κ1) is 19.9. The van der Waals surface area contributed by atoms with Crippen LogP contribution in [0.15, 0.2) is 89.4 Å². The van der Waals surface area contributed by atoms with Gasteiger partial charge in [-0.1, -0.05) is 60.7 Å². The molecule has 0 saturated carbocycles. The monoisotopic (exact) mass is 388 g/mol. The quantitative estimate of drug-likeness (QED) is 0.410. The molecule has 3 aromatic rings. The van der Waals surface area contributed by atoms with E-state index in [0.29, 0.717) is 11.5 Å². The van der Waals surface area contributed by atoms with Gasteiger partial charge in [-0.25, -0.2) is 9.59 Å². The lowest BCUT2D eigenvalue weighted by atomic mass is 10.2. The average Bonchev–Trinajstić information content (AvgIpc) is 3.23. The zero-order valence-electron chi connectivity index (χ0n) is 15.7. The van der Waals surface area contributed by atoms with Crippen molar-refractivity contribution < 1.29 is 23.5 Å².